The van der Waals surface area contributed by atoms with Gasteiger partial charge < -0.3 is 10.4 Å². The standard InChI is InChI=1S/C9H11F2NO/c1-12-3-2-6-4-8(11)9(13)5-7(6)10/h4-5,12-13H,2-3H2,1H3. The molecule has 0 atom stereocenters. The van der Waals surface area contributed by atoms with Crippen LogP contribution in [0.3, 0.4) is 0 Å². The Morgan fingerprint density at radius 3 is 2.62 bits per heavy atom. The van der Waals surface area contributed by atoms with E-state index in [1.54, 1.807) is 7.05 Å². The third-order valence-electron chi connectivity index (χ3n) is 1.76. The van der Waals surface area contributed by atoms with Crippen LogP contribution in [-0.4, -0.2) is 18.7 Å². The second-order valence-electron chi connectivity index (χ2n) is 2.75. The molecule has 0 spiro atoms. The molecule has 0 aliphatic carbocycles. The fourth-order valence-corrected chi connectivity index (χ4v) is 1.03. The lowest BCUT2D eigenvalue weighted by atomic mass is 10.1. The first-order chi connectivity index (χ1) is 6.15. The second kappa shape index (κ2) is 4.18. The highest BCUT2D eigenvalue weighted by atomic mass is 19.1. The molecule has 0 saturated carbocycles. The third kappa shape index (κ3) is 2.39. The highest BCUT2D eigenvalue weighted by Crippen LogP contribution is 2.19. The number of aromatic hydroxyl groups is 1. The van der Waals surface area contributed by atoms with Crippen LogP contribution < -0.4 is 5.32 Å². The summed E-state index contributed by atoms with van der Waals surface area (Å²) in [6.45, 7) is 0.571. The Labute approximate surface area is 75.2 Å². The van der Waals surface area contributed by atoms with Gasteiger partial charge in [-0.2, -0.15) is 0 Å². The Morgan fingerprint density at radius 1 is 1.31 bits per heavy atom. The Hall–Kier alpha value is -1.16. The number of rotatable bonds is 3. The van der Waals surface area contributed by atoms with Gasteiger partial charge in [0.05, 0.1) is 0 Å². The molecule has 0 aromatic heterocycles. The van der Waals surface area contributed by atoms with Gasteiger partial charge in [0.2, 0.25) is 0 Å². The maximum atomic E-state index is 13.0. The highest BCUT2D eigenvalue weighted by molar-refractivity contribution is 5.29. The smallest absolute Gasteiger partial charge is 0.165 e. The minimum absolute atomic E-state index is 0.268. The van der Waals surface area contributed by atoms with E-state index < -0.39 is 17.4 Å². The summed E-state index contributed by atoms with van der Waals surface area (Å²) in [6.07, 6.45) is 0.402. The normalized spacial score (nSPS) is 10.4. The Bertz CT molecular complexity index is 302. The number of phenols is 1. The molecule has 0 aliphatic rings. The van der Waals surface area contributed by atoms with Gasteiger partial charge in [0, 0.05) is 6.07 Å². The van der Waals surface area contributed by atoms with Crippen LogP contribution in [0.4, 0.5) is 8.78 Å². The molecule has 0 heterocycles. The zero-order valence-electron chi connectivity index (χ0n) is 7.27. The van der Waals surface area contributed by atoms with Crippen LogP contribution in [0.25, 0.3) is 0 Å². The lowest BCUT2D eigenvalue weighted by Crippen LogP contribution is -2.11. The molecular weight excluding hydrogens is 176 g/mol. The fraction of sp³-hybridized carbons (Fsp3) is 0.333. The third-order valence-corrected chi connectivity index (χ3v) is 1.76. The van der Waals surface area contributed by atoms with Crippen LogP contribution >= 0.6 is 0 Å². The molecule has 0 unspecified atom stereocenters. The summed E-state index contributed by atoms with van der Waals surface area (Å²) < 4.78 is 25.7. The van der Waals surface area contributed by atoms with Crippen molar-refractivity contribution in [2.24, 2.45) is 0 Å². The van der Waals surface area contributed by atoms with Gasteiger partial charge in [-0.25, -0.2) is 8.78 Å². The summed E-state index contributed by atoms with van der Waals surface area (Å²) in [6, 6.07) is 1.81. The van der Waals surface area contributed by atoms with E-state index in [-0.39, 0.29) is 5.56 Å². The molecule has 0 fully saturated rings. The summed E-state index contributed by atoms with van der Waals surface area (Å²) in [5.74, 6) is -2.01. The lowest BCUT2D eigenvalue weighted by Gasteiger charge is -2.03. The van der Waals surface area contributed by atoms with Gasteiger partial charge in [-0.1, -0.05) is 0 Å². The Kier molecular flexibility index (Phi) is 3.19. The molecule has 0 saturated heterocycles. The van der Waals surface area contributed by atoms with Gasteiger partial charge in [0.15, 0.2) is 11.6 Å². The van der Waals surface area contributed by atoms with Gasteiger partial charge in [-0.05, 0) is 31.6 Å². The molecule has 1 aromatic carbocycles. The predicted molar refractivity (Wildman–Crippen MR) is 45.7 cm³/mol. The summed E-state index contributed by atoms with van der Waals surface area (Å²) in [5, 5.41) is 11.6. The molecule has 4 heteroatoms. The van der Waals surface area contributed by atoms with Gasteiger partial charge in [0.25, 0.3) is 0 Å². The molecule has 2 nitrogen and oxygen atoms in total. The Balaban J connectivity index is 2.88. The van der Waals surface area contributed by atoms with Crippen molar-refractivity contribution in [3.8, 4) is 5.75 Å². The monoisotopic (exact) mass is 187 g/mol. The maximum Gasteiger partial charge on any atom is 0.165 e. The van der Waals surface area contributed by atoms with Crippen molar-refractivity contribution in [3.63, 3.8) is 0 Å². The van der Waals surface area contributed by atoms with Crippen molar-refractivity contribution < 1.29 is 13.9 Å². The molecule has 13 heavy (non-hydrogen) atoms. The molecule has 1 aromatic rings. The summed E-state index contributed by atoms with van der Waals surface area (Å²) in [4.78, 5) is 0. The zero-order valence-corrected chi connectivity index (χ0v) is 7.27. The largest absolute Gasteiger partial charge is 0.505 e. The lowest BCUT2D eigenvalue weighted by molar-refractivity contribution is 0.425. The quantitative estimate of drug-likeness (QED) is 0.750. The molecule has 2 N–H and O–H groups in total. The van der Waals surface area contributed by atoms with E-state index in [0.29, 0.717) is 13.0 Å². The number of hydrogen-bond donors (Lipinski definition) is 2. The van der Waals surface area contributed by atoms with Crippen LogP contribution in [0, 0.1) is 11.6 Å². The second-order valence-corrected chi connectivity index (χ2v) is 2.75. The number of nitrogens with one attached hydrogen (secondary N) is 1. The van der Waals surface area contributed by atoms with E-state index in [1.165, 1.54) is 0 Å². The topological polar surface area (TPSA) is 32.3 Å². The molecule has 1 rings (SSSR count). The van der Waals surface area contributed by atoms with Crippen LogP contribution in [0.5, 0.6) is 5.75 Å². The van der Waals surface area contributed by atoms with Gasteiger partial charge in [-0.3, -0.25) is 0 Å². The predicted octanol–water partition coefficient (Wildman–Crippen LogP) is 1.43. The van der Waals surface area contributed by atoms with Crippen LogP contribution in [0.15, 0.2) is 12.1 Å². The number of likely N-dealkylation sites (N-methyl/N-ethyl adjacent to an activating group) is 1. The molecule has 0 aliphatic heterocycles. The van der Waals surface area contributed by atoms with E-state index in [0.717, 1.165) is 12.1 Å². The van der Waals surface area contributed by atoms with Gasteiger partial charge in [-0.15, -0.1) is 0 Å². The highest BCUT2D eigenvalue weighted by Gasteiger charge is 2.07. The minimum atomic E-state index is -0.785. The van der Waals surface area contributed by atoms with Gasteiger partial charge in [0.1, 0.15) is 5.82 Å². The average molecular weight is 187 g/mol. The number of halogens is 2. The fourth-order valence-electron chi connectivity index (χ4n) is 1.03. The van der Waals surface area contributed by atoms with Gasteiger partial charge >= 0.3 is 0 Å². The average Bonchev–Trinajstić information content (AvgIpc) is 2.09. The molecule has 0 amide bonds. The molecule has 0 bridgehead atoms. The van der Waals surface area contributed by atoms with Crippen LogP contribution in [0.1, 0.15) is 5.56 Å². The van der Waals surface area contributed by atoms with Crippen molar-refractivity contribution in [1.29, 1.82) is 0 Å². The van der Waals surface area contributed by atoms with E-state index in [9.17, 15) is 8.78 Å². The first-order valence-corrected chi connectivity index (χ1v) is 3.96. The first-order valence-electron chi connectivity index (χ1n) is 3.96. The van der Waals surface area contributed by atoms with Crippen molar-refractivity contribution in [1.82, 2.24) is 5.32 Å². The van der Waals surface area contributed by atoms with Crippen molar-refractivity contribution in [2.75, 3.05) is 13.6 Å². The van der Waals surface area contributed by atoms with Crippen LogP contribution in [-0.2, 0) is 6.42 Å². The number of benzene rings is 1. The molecule has 72 valence electrons. The SMILES string of the molecule is CNCCc1cc(F)c(O)cc1F. The first kappa shape index (κ1) is 9.92. The summed E-state index contributed by atoms with van der Waals surface area (Å²) >= 11 is 0. The minimum Gasteiger partial charge on any atom is -0.505 e. The van der Waals surface area contributed by atoms with Crippen molar-refractivity contribution in [3.05, 3.63) is 29.3 Å². The summed E-state index contributed by atoms with van der Waals surface area (Å²) in [7, 11) is 1.73. The molecular formula is C9H11F2NO. The number of phenolic OH excluding ortho intramolecular Hbond substituents is 1. The zero-order chi connectivity index (χ0) is 9.84. The summed E-state index contributed by atoms with van der Waals surface area (Å²) in [5.41, 5.74) is 0.268. The van der Waals surface area contributed by atoms with Crippen molar-refractivity contribution in [2.45, 2.75) is 6.42 Å². The van der Waals surface area contributed by atoms with E-state index in [1.807, 2.05) is 0 Å². The van der Waals surface area contributed by atoms with Crippen molar-refractivity contribution >= 4 is 0 Å². The van der Waals surface area contributed by atoms with E-state index >= 15 is 0 Å². The number of hydrogen-bond acceptors (Lipinski definition) is 2. The molecule has 0 radical (unpaired) electrons. The maximum absolute atomic E-state index is 13.0. The van der Waals surface area contributed by atoms with Crippen LogP contribution in [0.2, 0.25) is 0 Å². The van der Waals surface area contributed by atoms with E-state index in [4.69, 9.17) is 5.11 Å². The Morgan fingerprint density at radius 2 is 2.00 bits per heavy atom. The van der Waals surface area contributed by atoms with E-state index in [2.05, 4.69) is 5.32 Å².